The van der Waals surface area contributed by atoms with Crippen molar-refractivity contribution in [3.63, 3.8) is 0 Å². The van der Waals surface area contributed by atoms with Crippen LogP contribution in [-0.2, 0) is 5.54 Å². The van der Waals surface area contributed by atoms with Gasteiger partial charge in [0.15, 0.2) is 0 Å². The highest BCUT2D eigenvalue weighted by atomic mass is 32.1. The predicted molar refractivity (Wildman–Crippen MR) is 79.3 cm³/mol. The van der Waals surface area contributed by atoms with E-state index in [-0.39, 0.29) is 5.54 Å². The van der Waals surface area contributed by atoms with Gasteiger partial charge in [-0.05, 0) is 45.4 Å². The zero-order chi connectivity index (χ0) is 13.0. The van der Waals surface area contributed by atoms with E-state index in [0.717, 1.165) is 6.54 Å². The molecule has 2 heterocycles. The van der Waals surface area contributed by atoms with E-state index in [9.17, 15) is 0 Å². The lowest BCUT2D eigenvalue weighted by Crippen LogP contribution is -2.50. The van der Waals surface area contributed by atoms with Gasteiger partial charge in [-0.15, -0.1) is 11.3 Å². The number of hydrogen-bond donors (Lipinski definition) is 1. The van der Waals surface area contributed by atoms with Crippen molar-refractivity contribution in [1.29, 1.82) is 0 Å². The fourth-order valence-electron chi connectivity index (χ4n) is 2.87. The molecule has 18 heavy (non-hydrogen) atoms. The summed E-state index contributed by atoms with van der Waals surface area (Å²) in [5, 5.41) is 5.44. The van der Waals surface area contributed by atoms with Crippen molar-refractivity contribution >= 4 is 11.3 Å². The molecule has 0 unspecified atom stereocenters. The van der Waals surface area contributed by atoms with Gasteiger partial charge in [0.1, 0.15) is 0 Å². The molecular formula is C14H25N3S. The van der Waals surface area contributed by atoms with E-state index in [1.165, 1.54) is 37.4 Å². The van der Waals surface area contributed by atoms with Crippen LogP contribution in [0.15, 0.2) is 17.5 Å². The van der Waals surface area contributed by atoms with Crippen LogP contribution in [0.1, 0.15) is 17.7 Å². The number of thiophene rings is 1. The van der Waals surface area contributed by atoms with Crippen LogP contribution in [0.3, 0.4) is 0 Å². The first kappa shape index (κ1) is 14.0. The van der Waals surface area contributed by atoms with Crippen LogP contribution in [0.2, 0.25) is 0 Å². The first-order chi connectivity index (χ1) is 8.69. The Kier molecular flexibility index (Phi) is 4.78. The summed E-state index contributed by atoms with van der Waals surface area (Å²) in [4.78, 5) is 6.53. The monoisotopic (exact) mass is 267 g/mol. The van der Waals surface area contributed by atoms with Crippen LogP contribution in [-0.4, -0.2) is 57.1 Å². The lowest BCUT2D eigenvalue weighted by molar-refractivity contribution is 0.0574. The SMILES string of the molecule is CNCCN1CCC(c2cccs2)(N(C)C)CC1. The second-order valence-corrected chi connectivity index (χ2v) is 6.30. The number of nitrogens with one attached hydrogen (secondary N) is 1. The Morgan fingerprint density at radius 1 is 1.39 bits per heavy atom. The lowest BCUT2D eigenvalue weighted by atomic mass is 9.84. The number of likely N-dealkylation sites (N-methyl/N-ethyl adjacent to an activating group) is 1. The van der Waals surface area contributed by atoms with Gasteiger partial charge in [0, 0.05) is 31.1 Å². The Morgan fingerprint density at radius 3 is 2.61 bits per heavy atom. The van der Waals surface area contributed by atoms with E-state index in [2.05, 4.69) is 46.7 Å². The molecule has 0 aliphatic carbocycles. The molecular weight excluding hydrogens is 242 g/mol. The summed E-state index contributed by atoms with van der Waals surface area (Å²) in [7, 11) is 6.48. The lowest BCUT2D eigenvalue weighted by Gasteiger charge is -2.45. The molecule has 0 atom stereocenters. The van der Waals surface area contributed by atoms with Gasteiger partial charge in [-0.25, -0.2) is 0 Å². The molecule has 0 aromatic carbocycles. The summed E-state index contributed by atoms with van der Waals surface area (Å²) in [6.07, 6.45) is 2.48. The fraction of sp³-hybridized carbons (Fsp3) is 0.714. The number of likely N-dealkylation sites (tertiary alicyclic amines) is 1. The van der Waals surface area contributed by atoms with Gasteiger partial charge in [-0.3, -0.25) is 4.90 Å². The summed E-state index contributed by atoms with van der Waals surface area (Å²) < 4.78 is 0. The summed E-state index contributed by atoms with van der Waals surface area (Å²) >= 11 is 1.90. The van der Waals surface area contributed by atoms with E-state index in [4.69, 9.17) is 0 Å². The number of nitrogens with zero attached hydrogens (tertiary/aromatic N) is 2. The Bertz CT molecular complexity index is 340. The average molecular weight is 267 g/mol. The molecule has 0 bridgehead atoms. The maximum atomic E-state index is 3.24. The molecule has 0 radical (unpaired) electrons. The van der Waals surface area contributed by atoms with Crippen LogP contribution in [0.4, 0.5) is 0 Å². The van der Waals surface area contributed by atoms with Gasteiger partial charge in [-0.1, -0.05) is 6.07 Å². The summed E-state index contributed by atoms with van der Waals surface area (Å²) in [5.41, 5.74) is 0.268. The molecule has 1 aliphatic rings. The van der Waals surface area contributed by atoms with Gasteiger partial charge in [0.05, 0.1) is 5.54 Å². The number of hydrogen-bond acceptors (Lipinski definition) is 4. The molecule has 1 fully saturated rings. The Morgan fingerprint density at radius 2 is 2.11 bits per heavy atom. The second kappa shape index (κ2) is 6.15. The smallest absolute Gasteiger partial charge is 0.0573 e. The van der Waals surface area contributed by atoms with Crippen molar-refractivity contribution in [2.24, 2.45) is 0 Å². The van der Waals surface area contributed by atoms with Gasteiger partial charge < -0.3 is 10.2 Å². The average Bonchev–Trinajstić information content (AvgIpc) is 2.91. The maximum absolute atomic E-state index is 3.24. The van der Waals surface area contributed by atoms with Gasteiger partial charge in [0.2, 0.25) is 0 Å². The van der Waals surface area contributed by atoms with Gasteiger partial charge >= 0.3 is 0 Å². The first-order valence-corrected chi connectivity index (χ1v) is 7.65. The predicted octanol–water partition coefficient (Wildman–Crippen LogP) is 1.82. The topological polar surface area (TPSA) is 18.5 Å². The standard InChI is InChI=1S/C14H25N3S/c1-15-8-11-17-9-6-14(7-10-17,16(2)3)13-5-4-12-18-13/h4-5,12,15H,6-11H2,1-3H3. The molecule has 0 saturated carbocycles. The summed E-state index contributed by atoms with van der Waals surface area (Å²) in [5.74, 6) is 0. The number of rotatable bonds is 5. The Labute approximate surface area is 115 Å². The van der Waals surface area contributed by atoms with Crippen molar-refractivity contribution in [2.75, 3.05) is 47.3 Å². The minimum Gasteiger partial charge on any atom is -0.318 e. The molecule has 2 rings (SSSR count). The largest absolute Gasteiger partial charge is 0.318 e. The first-order valence-electron chi connectivity index (χ1n) is 6.77. The van der Waals surface area contributed by atoms with Crippen LogP contribution in [0, 0.1) is 0 Å². The highest BCUT2D eigenvalue weighted by molar-refractivity contribution is 7.10. The second-order valence-electron chi connectivity index (χ2n) is 5.35. The fourth-order valence-corrected chi connectivity index (χ4v) is 3.94. The van der Waals surface area contributed by atoms with E-state index in [1.807, 2.05) is 18.4 Å². The minimum absolute atomic E-state index is 0.268. The van der Waals surface area contributed by atoms with Crippen LogP contribution >= 0.6 is 11.3 Å². The molecule has 0 spiro atoms. The molecule has 102 valence electrons. The van der Waals surface area contributed by atoms with Gasteiger partial charge in [0.25, 0.3) is 0 Å². The number of piperidine rings is 1. The van der Waals surface area contributed by atoms with Crippen LogP contribution in [0.25, 0.3) is 0 Å². The molecule has 0 amide bonds. The third-order valence-electron chi connectivity index (χ3n) is 4.20. The Balaban J connectivity index is 2.03. The Hall–Kier alpha value is -0.420. The van der Waals surface area contributed by atoms with Crippen LogP contribution < -0.4 is 5.32 Å². The maximum Gasteiger partial charge on any atom is 0.0573 e. The molecule has 1 aromatic heterocycles. The molecule has 3 nitrogen and oxygen atoms in total. The quantitative estimate of drug-likeness (QED) is 0.878. The van der Waals surface area contributed by atoms with Crippen molar-refractivity contribution in [1.82, 2.24) is 15.1 Å². The summed E-state index contributed by atoms with van der Waals surface area (Å²) in [6.45, 7) is 4.67. The van der Waals surface area contributed by atoms with Crippen molar-refractivity contribution < 1.29 is 0 Å². The zero-order valence-electron chi connectivity index (χ0n) is 11.8. The van der Waals surface area contributed by atoms with Gasteiger partial charge in [-0.2, -0.15) is 0 Å². The molecule has 1 saturated heterocycles. The normalized spacial score (nSPS) is 20.4. The van der Waals surface area contributed by atoms with Crippen molar-refractivity contribution in [3.8, 4) is 0 Å². The molecule has 1 aliphatic heterocycles. The van der Waals surface area contributed by atoms with E-state index < -0.39 is 0 Å². The van der Waals surface area contributed by atoms with E-state index >= 15 is 0 Å². The minimum atomic E-state index is 0.268. The van der Waals surface area contributed by atoms with Crippen molar-refractivity contribution in [3.05, 3.63) is 22.4 Å². The third kappa shape index (κ3) is 2.77. The van der Waals surface area contributed by atoms with E-state index in [0.29, 0.717) is 0 Å². The van der Waals surface area contributed by atoms with Crippen molar-refractivity contribution in [2.45, 2.75) is 18.4 Å². The molecule has 1 N–H and O–H groups in total. The summed E-state index contributed by atoms with van der Waals surface area (Å²) in [6, 6.07) is 4.48. The van der Waals surface area contributed by atoms with Crippen LogP contribution in [0.5, 0.6) is 0 Å². The third-order valence-corrected chi connectivity index (χ3v) is 5.26. The highest BCUT2D eigenvalue weighted by Gasteiger charge is 2.38. The highest BCUT2D eigenvalue weighted by Crippen LogP contribution is 2.39. The zero-order valence-corrected chi connectivity index (χ0v) is 12.6. The molecule has 4 heteroatoms. The van der Waals surface area contributed by atoms with E-state index in [1.54, 1.807) is 0 Å². The molecule has 1 aromatic rings.